The molecule has 1 aliphatic rings. The van der Waals surface area contributed by atoms with Crippen LogP contribution in [0, 0.1) is 0 Å². The highest BCUT2D eigenvalue weighted by atomic mass is 79.9. The van der Waals surface area contributed by atoms with Crippen molar-refractivity contribution in [2.75, 3.05) is 13.7 Å². The first-order valence-corrected chi connectivity index (χ1v) is 6.20. The molecule has 16 heavy (non-hydrogen) atoms. The van der Waals surface area contributed by atoms with Crippen LogP contribution in [0.5, 0.6) is 11.5 Å². The molecule has 3 nitrogen and oxygen atoms in total. The largest absolute Gasteiger partial charge is 0.497 e. The van der Waals surface area contributed by atoms with Crippen molar-refractivity contribution in [3.8, 4) is 11.5 Å². The molecule has 0 amide bonds. The summed E-state index contributed by atoms with van der Waals surface area (Å²) in [7, 11) is 1.65. The summed E-state index contributed by atoms with van der Waals surface area (Å²) >= 11 is 3.45. The molecule has 1 aliphatic heterocycles. The van der Waals surface area contributed by atoms with E-state index in [1.54, 1.807) is 7.11 Å². The number of hydrogen-bond donors (Lipinski definition) is 0. The normalized spacial score (nSPS) is 20.5. The molecule has 0 N–H and O–H groups in total. The fourth-order valence-corrected chi connectivity index (χ4v) is 2.10. The number of methoxy groups -OCH3 is 1. The minimum atomic E-state index is -0.113. The lowest BCUT2D eigenvalue weighted by Crippen LogP contribution is -2.25. The monoisotopic (exact) mass is 286 g/mol. The Balaban J connectivity index is 2.03. The van der Waals surface area contributed by atoms with Crippen LogP contribution in [0.3, 0.4) is 0 Å². The van der Waals surface area contributed by atoms with E-state index < -0.39 is 0 Å². The van der Waals surface area contributed by atoms with Gasteiger partial charge in [0.1, 0.15) is 11.5 Å². The van der Waals surface area contributed by atoms with E-state index in [-0.39, 0.29) is 6.29 Å². The predicted molar refractivity (Wildman–Crippen MR) is 64.9 cm³/mol. The first kappa shape index (κ1) is 11.7. The van der Waals surface area contributed by atoms with Gasteiger partial charge in [0.25, 0.3) is 0 Å². The van der Waals surface area contributed by atoms with Crippen LogP contribution in [0.1, 0.15) is 19.3 Å². The summed E-state index contributed by atoms with van der Waals surface area (Å²) in [5.74, 6) is 1.61. The Bertz CT molecular complexity index is 348. The number of benzene rings is 1. The molecule has 4 heteroatoms. The van der Waals surface area contributed by atoms with Crippen molar-refractivity contribution in [1.29, 1.82) is 0 Å². The van der Waals surface area contributed by atoms with Crippen LogP contribution in [0.4, 0.5) is 0 Å². The second-order valence-electron chi connectivity index (χ2n) is 3.71. The highest BCUT2D eigenvalue weighted by Crippen LogP contribution is 2.31. The number of rotatable bonds is 3. The summed E-state index contributed by atoms with van der Waals surface area (Å²) in [6.45, 7) is 0.790. The summed E-state index contributed by atoms with van der Waals surface area (Å²) in [4.78, 5) is 0. The van der Waals surface area contributed by atoms with Gasteiger partial charge in [-0.05, 0) is 47.0 Å². The lowest BCUT2D eigenvalue weighted by Gasteiger charge is -2.24. The first-order chi connectivity index (χ1) is 7.79. The van der Waals surface area contributed by atoms with Crippen LogP contribution in [0.2, 0.25) is 0 Å². The molecular formula is C12H15BrO3. The number of ether oxygens (including phenoxy) is 3. The van der Waals surface area contributed by atoms with Crippen molar-refractivity contribution in [2.45, 2.75) is 25.6 Å². The van der Waals surface area contributed by atoms with Crippen LogP contribution in [-0.2, 0) is 4.74 Å². The van der Waals surface area contributed by atoms with Gasteiger partial charge in [-0.2, -0.15) is 0 Å². The van der Waals surface area contributed by atoms with Gasteiger partial charge in [0.05, 0.1) is 18.2 Å². The molecule has 1 saturated heterocycles. The maximum atomic E-state index is 5.76. The molecule has 0 spiro atoms. The van der Waals surface area contributed by atoms with Gasteiger partial charge in [-0.15, -0.1) is 0 Å². The van der Waals surface area contributed by atoms with E-state index in [2.05, 4.69) is 15.9 Å². The van der Waals surface area contributed by atoms with Crippen LogP contribution in [0.15, 0.2) is 22.7 Å². The van der Waals surface area contributed by atoms with Crippen molar-refractivity contribution < 1.29 is 14.2 Å². The molecule has 0 bridgehead atoms. The zero-order chi connectivity index (χ0) is 11.4. The molecule has 1 aromatic carbocycles. The fraction of sp³-hybridized carbons (Fsp3) is 0.500. The third kappa shape index (κ3) is 2.89. The molecule has 0 saturated carbocycles. The van der Waals surface area contributed by atoms with Crippen molar-refractivity contribution in [2.24, 2.45) is 0 Å². The number of hydrogen-bond acceptors (Lipinski definition) is 3. The summed E-state index contributed by atoms with van der Waals surface area (Å²) in [5.41, 5.74) is 0. The minimum Gasteiger partial charge on any atom is -0.497 e. The van der Waals surface area contributed by atoms with Crippen LogP contribution in [-0.4, -0.2) is 20.0 Å². The second kappa shape index (κ2) is 5.55. The minimum absolute atomic E-state index is 0.113. The Morgan fingerprint density at radius 3 is 2.88 bits per heavy atom. The summed E-state index contributed by atoms with van der Waals surface area (Å²) < 4.78 is 17.3. The van der Waals surface area contributed by atoms with Gasteiger partial charge in [0.15, 0.2) is 6.29 Å². The highest BCUT2D eigenvalue weighted by Gasteiger charge is 2.16. The quantitative estimate of drug-likeness (QED) is 0.853. The van der Waals surface area contributed by atoms with Crippen LogP contribution >= 0.6 is 15.9 Å². The molecule has 1 heterocycles. The lowest BCUT2D eigenvalue weighted by atomic mass is 10.2. The van der Waals surface area contributed by atoms with Crippen molar-refractivity contribution in [1.82, 2.24) is 0 Å². The Labute approximate surface area is 104 Å². The molecule has 0 radical (unpaired) electrons. The molecule has 0 aromatic heterocycles. The third-order valence-electron chi connectivity index (χ3n) is 2.54. The van der Waals surface area contributed by atoms with E-state index in [1.807, 2.05) is 18.2 Å². The summed E-state index contributed by atoms with van der Waals surface area (Å²) in [5, 5.41) is 0. The predicted octanol–water partition coefficient (Wildman–Crippen LogP) is 3.36. The van der Waals surface area contributed by atoms with E-state index in [0.29, 0.717) is 0 Å². The van der Waals surface area contributed by atoms with E-state index in [4.69, 9.17) is 14.2 Å². The maximum absolute atomic E-state index is 5.76. The standard InChI is InChI=1S/C12H15BrO3/c1-14-9-5-6-11(10(13)8-9)16-12-4-2-3-7-15-12/h5-6,8,12H,2-4,7H2,1H3. The van der Waals surface area contributed by atoms with Gasteiger partial charge < -0.3 is 14.2 Å². The van der Waals surface area contributed by atoms with E-state index >= 15 is 0 Å². The van der Waals surface area contributed by atoms with Gasteiger partial charge in [-0.25, -0.2) is 0 Å². The average Bonchev–Trinajstić information content (AvgIpc) is 2.33. The van der Waals surface area contributed by atoms with Gasteiger partial charge in [-0.1, -0.05) is 0 Å². The molecule has 0 aliphatic carbocycles. The smallest absolute Gasteiger partial charge is 0.199 e. The van der Waals surface area contributed by atoms with Crippen LogP contribution < -0.4 is 9.47 Å². The third-order valence-corrected chi connectivity index (χ3v) is 3.16. The Kier molecular flexibility index (Phi) is 4.07. The van der Waals surface area contributed by atoms with Gasteiger partial charge in [-0.3, -0.25) is 0 Å². The summed E-state index contributed by atoms with van der Waals surface area (Å²) in [6.07, 6.45) is 3.14. The molecule has 1 fully saturated rings. The summed E-state index contributed by atoms with van der Waals surface area (Å²) in [6, 6.07) is 5.65. The first-order valence-electron chi connectivity index (χ1n) is 5.41. The number of halogens is 1. The van der Waals surface area contributed by atoms with Crippen molar-refractivity contribution in [3.63, 3.8) is 0 Å². The maximum Gasteiger partial charge on any atom is 0.199 e. The van der Waals surface area contributed by atoms with Crippen molar-refractivity contribution >= 4 is 15.9 Å². The van der Waals surface area contributed by atoms with Gasteiger partial charge >= 0.3 is 0 Å². The molecule has 1 aromatic rings. The van der Waals surface area contributed by atoms with E-state index in [9.17, 15) is 0 Å². The molecule has 2 rings (SSSR count). The highest BCUT2D eigenvalue weighted by molar-refractivity contribution is 9.10. The lowest BCUT2D eigenvalue weighted by molar-refractivity contribution is -0.106. The fourth-order valence-electron chi connectivity index (χ4n) is 1.65. The topological polar surface area (TPSA) is 27.7 Å². The second-order valence-corrected chi connectivity index (χ2v) is 4.56. The SMILES string of the molecule is COc1ccc(OC2CCCCO2)c(Br)c1. The molecule has 1 unspecified atom stereocenters. The molecule has 1 atom stereocenters. The molecule has 88 valence electrons. The molecular weight excluding hydrogens is 272 g/mol. The Morgan fingerprint density at radius 1 is 1.38 bits per heavy atom. The zero-order valence-corrected chi connectivity index (χ0v) is 10.8. The van der Waals surface area contributed by atoms with Crippen molar-refractivity contribution in [3.05, 3.63) is 22.7 Å². The average molecular weight is 287 g/mol. The van der Waals surface area contributed by atoms with Crippen LogP contribution in [0.25, 0.3) is 0 Å². The Hall–Kier alpha value is -0.740. The Morgan fingerprint density at radius 2 is 2.25 bits per heavy atom. The van der Waals surface area contributed by atoms with Gasteiger partial charge in [0, 0.05) is 6.42 Å². The van der Waals surface area contributed by atoms with E-state index in [1.165, 1.54) is 6.42 Å². The zero-order valence-electron chi connectivity index (χ0n) is 9.24. The van der Waals surface area contributed by atoms with E-state index in [0.717, 1.165) is 35.4 Å². The van der Waals surface area contributed by atoms with Gasteiger partial charge in [0.2, 0.25) is 0 Å².